The average molecular weight is 274 g/mol. The first-order valence-corrected chi connectivity index (χ1v) is 6.56. The standard InChI is InChI=1S/C13H17F3N2O/c14-10-7-9(1-2-11(10)19-12(15)16)18-6-5-17-13(8-18)3-4-13/h1-2,7,10-12,17H,3-6,8H2. The second kappa shape index (κ2) is 4.83. The van der Waals surface area contributed by atoms with Crippen molar-refractivity contribution < 1.29 is 17.9 Å². The number of halogens is 3. The molecule has 1 spiro atoms. The maximum Gasteiger partial charge on any atom is 0.345 e. The predicted octanol–water partition coefficient (Wildman–Crippen LogP) is 1.82. The summed E-state index contributed by atoms with van der Waals surface area (Å²) in [4.78, 5) is 2.12. The number of piperazine rings is 1. The number of nitrogens with one attached hydrogen (secondary N) is 1. The Morgan fingerprint density at radius 3 is 2.84 bits per heavy atom. The number of alkyl halides is 3. The number of hydrogen-bond donors (Lipinski definition) is 1. The topological polar surface area (TPSA) is 24.5 Å². The molecule has 1 saturated heterocycles. The van der Waals surface area contributed by atoms with Crippen molar-refractivity contribution in [1.29, 1.82) is 0 Å². The molecule has 2 fully saturated rings. The molecule has 0 aromatic rings. The van der Waals surface area contributed by atoms with Gasteiger partial charge in [-0.1, -0.05) is 6.08 Å². The van der Waals surface area contributed by atoms with Crippen LogP contribution >= 0.6 is 0 Å². The second-order valence-corrected chi connectivity index (χ2v) is 5.39. The highest BCUT2D eigenvalue weighted by Crippen LogP contribution is 2.38. The number of hydrogen-bond acceptors (Lipinski definition) is 3. The predicted molar refractivity (Wildman–Crippen MR) is 64.5 cm³/mol. The highest BCUT2D eigenvalue weighted by Gasteiger charge is 2.45. The van der Waals surface area contributed by atoms with E-state index in [1.807, 2.05) is 0 Å². The number of nitrogens with zero attached hydrogens (tertiary/aromatic N) is 1. The Labute approximate surface area is 110 Å². The van der Waals surface area contributed by atoms with Crippen molar-refractivity contribution in [2.24, 2.45) is 0 Å². The van der Waals surface area contributed by atoms with Crippen molar-refractivity contribution in [3.8, 4) is 0 Å². The lowest BCUT2D eigenvalue weighted by atomic mass is 10.0. The van der Waals surface area contributed by atoms with E-state index in [1.165, 1.54) is 12.2 Å². The minimum absolute atomic E-state index is 0.203. The molecule has 0 radical (unpaired) electrons. The molecule has 106 valence electrons. The molecule has 3 aliphatic rings. The van der Waals surface area contributed by atoms with Gasteiger partial charge in [0.2, 0.25) is 0 Å². The van der Waals surface area contributed by atoms with Crippen molar-refractivity contribution in [1.82, 2.24) is 10.2 Å². The number of ether oxygens (including phenoxy) is 1. The van der Waals surface area contributed by atoms with E-state index in [2.05, 4.69) is 15.0 Å². The van der Waals surface area contributed by atoms with Gasteiger partial charge in [-0.25, -0.2) is 4.39 Å². The van der Waals surface area contributed by atoms with Crippen LogP contribution in [-0.2, 0) is 4.74 Å². The molecule has 2 atom stereocenters. The van der Waals surface area contributed by atoms with E-state index in [0.29, 0.717) is 0 Å². The molecular weight excluding hydrogens is 257 g/mol. The van der Waals surface area contributed by atoms with E-state index >= 15 is 0 Å². The minimum Gasteiger partial charge on any atom is -0.369 e. The molecule has 1 saturated carbocycles. The molecular formula is C13H17F3N2O. The summed E-state index contributed by atoms with van der Waals surface area (Å²) in [6, 6.07) is 0. The largest absolute Gasteiger partial charge is 0.369 e. The minimum atomic E-state index is -2.95. The van der Waals surface area contributed by atoms with Crippen LogP contribution in [0.15, 0.2) is 23.9 Å². The third kappa shape index (κ3) is 2.79. The van der Waals surface area contributed by atoms with Crippen LogP contribution in [0.5, 0.6) is 0 Å². The molecule has 2 unspecified atom stereocenters. The third-order valence-electron chi connectivity index (χ3n) is 3.95. The fourth-order valence-electron chi connectivity index (χ4n) is 2.73. The monoisotopic (exact) mass is 274 g/mol. The summed E-state index contributed by atoms with van der Waals surface area (Å²) < 4.78 is 42.2. The summed E-state index contributed by atoms with van der Waals surface area (Å²) in [6.45, 7) is -0.405. The van der Waals surface area contributed by atoms with Gasteiger partial charge in [0.25, 0.3) is 0 Å². The molecule has 3 nitrogen and oxygen atoms in total. The number of allylic oxidation sites excluding steroid dienone is 1. The van der Waals surface area contributed by atoms with E-state index in [1.54, 1.807) is 6.08 Å². The van der Waals surface area contributed by atoms with Crippen LogP contribution in [0.1, 0.15) is 12.8 Å². The Morgan fingerprint density at radius 2 is 2.21 bits per heavy atom. The van der Waals surface area contributed by atoms with E-state index in [4.69, 9.17) is 0 Å². The maximum absolute atomic E-state index is 13.8. The summed E-state index contributed by atoms with van der Waals surface area (Å²) in [6.07, 6.45) is 4.06. The highest BCUT2D eigenvalue weighted by molar-refractivity contribution is 5.28. The first-order chi connectivity index (χ1) is 9.08. The van der Waals surface area contributed by atoms with Crippen molar-refractivity contribution in [2.75, 3.05) is 19.6 Å². The molecule has 1 aliphatic heterocycles. The van der Waals surface area contributed by atoms with Crippen LogP contribution in [0, 0.1) is 0 Å². The highest BCUT2D eigenvalue weighted by atomic mass is 19.3. The van der Waals surface area contributed by atoms with E-state index in [0.717, 1.165) is 38.2 Å². The van der Waals surface area contributed by atoms with Gasteiger partial charge in [-0.2, -0.15) is 8.78 Å². The molecule has 0 aromatic heterocycles. The van der Waals surface area contributed by atoms with Gasteiger partial charge in [0.05, 0.1) is 0 Å². The summed E-state index contributed by atoms with van der Waals surface area (Å²) >= 11 is 0. The summed E-state index contributed by atoms with van der Waals surface area (Å²) in [5, 5.41) is 3.47. The molecule has 1 heterocycles. The average Bonchev–Trinajstić information content (AvgIpc) is 3.10. The summed E-state index contributed by atoms with van der Waals surface area (Å²) in [5.74, 6) is 0. The van der Waals surface area contributed by atoms with Gasteiger partial charge in [-0.3, -0.25) is 0 Å². The fourth-order valence-corrected chi connectivity index (χ4v) is 2.73. The molecule has 0 amide bonds. The zero-order chi connectivity index (χ0) is 13.5. The van der Waals surface area contributed by atoms with Crippen LogP contribution in [-0.4, -0.2) is 49.0 Å². The van der Waals surface area contributed by atoms with E-state index in [-0.39, 0.29) is 5.54 Å². The quantitative estimate of drug-likeness (QED) is 0.849. The van der Waals surface area contributed by atoms with Crippen LogP contribution in [0.25, 0.3) is 0 Å². The second-order valence-electron chi connectivity index (χ2n) is 5.39. The third-order valence-corrected chi connectivity index (χ3v) is 3.95. The lowest BCUT2D eigenvalue weighted by molar-refractivity contribution is -0.160. The van der Waals surface area contributed by atoms with Gasteiger partial charge in [-0.15, -0.1) is 0 Å². The lowest BCUT2D eigenvalue weighted by Gasteiger charge is -2.37. The zero-order valence-corrected chi connectivity index (χ0v) is 10.5. The smallest absolute Gasteiger partial charge is 0.345 e. The Bertz CT molecular complexity index is 407. The van der Waals surface area contributed by atoms with Gasteiger partial charge in [0.1, 0.15) is 6.10 Å². The van der Waals surface area contributed by atoms with Crippen molar-refractivity contribution in [2.45, 2.75) is 37.3 Å². The first kappa shape index (κ1) is 13.0. The van der Waals surface area contributed by atoms with Crippen molar-refractivity contribution in [3.05, 3.63) is 23.9 Å². The van der Waals surface area contributed by atoms with Gasteiger partial charge in [0.15, 0.2) is 6.17 Å². The normalized spacial score (nSPS) is 32.8. The molecule has 2 aliphatic carbocycles. The summed E-state index contributed by atoms with van der Waals surface area (Å²) in [7, 11) is 0. The molecule has 6 heteroatoms. The van der Waals surface area contributed by atoms with E-state index < -0.39 is 18.9 Å². The van der Waals surface area contributed by atoms with Gasteiger partial charge < -0.3 is 15.0 Å². The van der Waals surface area contributed by atoms with Crippen LogP contribution in [0.4, 0.5) is 13.2 Å². The lowest BCUT2D eigenvalue weighted by Crippen LogP contribution is -2.52. The maximum atomic E-state index is 13.8. The SMILES string of the molecule is FC(F)OC1C=CC(N2CCNC3(CC3)C2)=CC1F. The Balaban J connectivity index is 1.64. The molecule has 3 rings (SSSR count). The van der Waals surface area contributed by atoms with Gasteiger partial charge in [-0.05, 0) is 25.0 Å². The molecule has 0 aromatic carbocycles. The van der Waals surface area contributed by atoms with Crippen LogP contribution in [0.2, 0.25) is 0 Å². The molecule has 0 bridgehead atoms. The first-order valence-electron chi connectivity index (χ1n) is 6.56. The van der Waals surface area contributed by atoms with Crippen molar-refractivity contribution >= 4 is 0 Å². The van der Waals surface area contributed by atoms with Gasteiger partial charge >= 0.3 is 6.61 Å². The Hall–Kier alpha value is -1.01. The molecule has 19 heavy (non-hydrogen) atoms. The zero-order valence-electron chi connectivity index (χ0n) is 10.5. The Kier molecular flexibility index (Phi) is 3.30. The van der Waals surface area contributed by atoms with Crippen LogP contribution in [0.3, 0.4) is 0 Å². The van der Waals surface area contributed by atoms with Crippen LogP contribution < -0.4 is 5.32 Å². The Morgan fingerprint density at radius 1 is 1.42 bits per heavy atom. The van der Waals surface area contributed by atoms with Gasteiger partial charge in [0, 0.05) is 30.9 Å². The number of rotatable bonds is 3. The van der Waals surface area contributed by atoms with Crippen molar-refractivity contribution in [3.63, 3.8) is 0 Å². The molecule has 1 N–H and O–H groups in total. The summed E-state index contributed by atoms with van der Waals surface area (Å²) in [5.41, 5.74) is 0.976. The fraction of sp³-hybridized carbons (Fsp3) is 0.692. The van der Waals surface area contributed by atoms with E-state index in [9.17, 15) is 13.2 Å².